The molecule has 0 rings (SSSR count). The number of aliphatic hydroxyl groups is 1. The zero-order chi connectivity index (χ0) is 27.4. The van der Waals surface area contributed by atoms with E-state index in [1.54, 1.807) is 0 Å². The number of hydrogen-bond donors (Lipinski definition) is 1. The molecule has 0 fully saturated rings. The van der Waals surface area contributed by atoms with Crippen LogP contribution in [0.15, 0.2) is 0 Å². The smallest absolute Gasteiger partial charge is 0.306 e. The normalized spacial score (nSPS) is 12.1. The van der Waals surface area contributed by atoms with Crippen LogP contribution < -0.4 is 0 Å². The van der Waals surface area contributed by atoms with Gasteiger partial charge in [0.05, 0.1) is 6.61 Å². The molecule has 0 radical (unpaired) electrons. The number of esters is 2. The van der Waals surface area contributed by atoms with E-state index in [9.17, 15) is 14.7 Å². The highest BCUT2D eigenvalue weighted by Crippen LogP contribution is 2.14. The molecule has 0 aliphatic carbocycles. The number of carbonyl (C=O) groups is 2. The first kappa shape index (κ1) is 35.9. The predicted octanol–water partition coefficient (Wildman–Crippen LogP) is 9.08. The lowest BCUT2D eigenvalue weighted by atomic mass is 10.0. The second-order valence-electron chi connectivity index (χ2n) is 11.4. The first-order valence-corrected chi connectivity index (χ1v) is 16.0. The molecule has 0 unspecified atom stereocenters. The molecule has 5 heteroatoms. The monoisotopic (exact) mass is 526 g/mol. The van der Waals surface area contributed by atoms with Gasteiger partial charge in [-0.15, -0.1) is 0 Å². The van der Waals surface area contributed by atoms with Gasteiger partial charge >= 0.3 is 11.9 Å². The molecule has 1 N–H and O–H groups in total. The molecule has 0 spiro atoms. The van der Waals surface area contributed by atoms with Gasteiger partial charge in [-0.1, -0.05) is 143 Å². The Morgan fingerprint density at radius 1 is 0.595 bits per heavy atom. The molecule has 220 valence electrons. The molecule has 0 aliphatic rings. The molecule has 37 heavy (non-hydrogen) atoms. The fourth-order valence-electron chi connectivity index (χ4n) is 4.62. The summed E-state index contributed by atoms with van der Waals surface area (Å²) in [5.41, 5.74) is 0. The van der Waals surface area contributed by atoms with E-state index < -0.39 is 6.10 Å². The van der Waals surface area contributed by atoms with E-state index in [4.69, 9.17) is 9.47 Å². The van der Waals surface area contributed by atoms with Gasteiger partial charge in [0.25, 0.3) is 0 Å². The summed E-state index contributed by atoms with van der Waals surface area (Å²) in [5, 5.41) is 9.47. The Labute approximate surface area is 229 Å². The Balaban J connectivity index is 3.56. The second kappa shape index (κ2) is 27.9. The molecule has 0 aromatic heterocycles. The Bertz CT molecular complexity index is 505. The molecule has 5 nitrogen and oxygen atoms in total. The molecular formula is C32H62O5. The van der Waals surface area contributed by atoms with Crippen LogP contribution in [0.2, 0.25) is 0 Å². The molecule has 0 aliphatic heterocycles. The van der Waals surface area contributed by atoms with E-state index in [0.717, 1.165) is 44.4 Å². The standard InChI is InChI=1S/C32H62O5/c1-4-5-6-7-8-9-10-11-12-13-16-20-23-26-32(35)37-30(27-33)28-36-31(34)25-22-19-17-14-15-18-21-24-29(2)3/h29-30,33H,4-28H2,1-3H3/t30-/m0/s1. The lowest BCUT2D eigenvalue weighted by Crippen LogP contribution is -2.28. The SMILES string of the molecule is CCCCCCCCCCCCCCCC(=O)O[C@@H](CO)COC(=O)CCCCCCCCCC(C)C. The van der Waals surface area contributed by atoms with Crippen LogP contribution in [0.25, 0.3) is 0 Å². The number of hydrogen-bond acceptors (Lipinski definition) is 5. The third-order valence-electron chi connectivity index (χ3n) is 7.08. The van der Waals surface area contributed by atoms with Crippen LogP contribution in [0.4, 0.5) is 0 Å². The largest absolute Gasteiger partial charge is 0.462 e. The van der Waals surface area contributed by atoms with Crippen LogP contribution >= 0.6 is 0 Å². The van der Waals surface area contributed by atoms with Gasteiger partial charge in [-0.05, 0) is 18.8 Å². The topological polar surface area (TPSA) is 72.8 Å². The minimum atomic E-state index is -0.760. The van der Waals surface area contributed by atoms with Crippen molar-refractivity contribution in [2.75, 3.05) is 13.2 Å². The van der Waals surface area contributed by atoms with Crippen LogP contribution in [0.1, 0.15) is 168 Å². The second-order valence-corrected chi connectivity index (χ2v) is 11.4. The van der Waals surface area contributed by atoms with Crippen molar-refractivity contribution in [2.45, 2.75) is 175 Å². The zero-order valence-electron chi connectivity index (χ0n) is 24.9. The van der Waals surface area contributed by atoms with Crippen molar-refractivity contribution in [1.82, 2.24) is 0 Å². The first-order chi connectivity index (χ1) is 18.0. The highest BCUT2D eigenvalue weighted by Gasteiger charge is 2.16. The predicted molar refractivity (Wildman–Crippen MR) is 155 cm³/mol. The summed E-state index contributed by atoms with van der Waals surface area (Å²) in [6.45, 7) is 6.41. The maximum Gasteiger partial charge on any atom is 0.306 e. The van der Waals surface area contributed by atoms with Gasteiger partial charge in [0.15, 0.2) is 6.10 Å². The molecule has 0 saturated heterocycles. The Kier molecular flexibility index (Phi) is 27.1. The van der Waals surface area contributed by atoms with Gasteiger partial charge in [-0.2, -0.15) is 0 Å². The Morgan fingerprint density at radius 3 is 1.43 bits per heavy atom. The van der Waals surface area contributed by atoms with Gasteiger partial charge in [0.2, 0.25) is 0 Å². The summed E-state index contributed by atoms with van der Waals surface area (Å²) < 4.78 is 10.5. The van der Waals surface area contributed by atoms with Gasteiger partial charge < -0.3 is 14.6 Å². The highest BCUT2D eigenvalue weighted by molar-refractivity contribution is 5.70. The van der Waals surface area contributed by atoms with E-state index in [2.05, 4.69) is 20.8 Å². The quantitative estimate of drug-likeness (QED) is 0.0813. The van der Waals surface area contributed by atoms with Crippen molar-refractivity contribution >= 4 is 11.9 Å². The number of aliphatic hydroxyl groups excluding tert-OH is 1. The van der Waals surface area contributed by atoms with E-state index in [-0.39, 0.29) is 25.2 Å². The minimum Gasteiger partial charge on any atom is -0.462 e. The third kappa shape index (κ3) is 27.7. The van der Waals surface area contributed by atoms with Crippen LogP contribution in [-0.2, 0) is 19.1 Å². The van der Waals surface area contributed by atoms with Crippen LogP contribution in [0.5, 0.6) is 0 Å². The maximum absolute atomic E-state index is 12.1. The lowest BCUT2D eigenvalue weighted by molar-refractivity contribution is -0.161. The molecule has 0 amide bonds. The van der Waals surface area contributed by atoms with E-state index in [1.165, 1.54) is 96.3 Å². The minimum absolute atomic E-state index is 0.0600. The third-order valence-corrected chi connectivity index (χ3v) is 7.08. The highest BCUT2D eigenvalue weighted by atomic mass is 16.6. The molecular weight excluding hydrogens is 464 g/mol. The summed E-state index contributed by atoms with van der Waals surface area (Å²) in [6, 6.07) is 0. The maximum atomic E-state index is 12.1. The fraction of sp³-hybridized carbons (Fsp3) is 0.938. The average Bonchev–Trinajstić information content (AvgIpc) is 2.88. The Hall–Kier alpha value is -1.10. The van der Waals surface area contributed by atoms with Crippen molar-refractivity contribution in [3.05, 3.63) is 0 Å². The van der Waals surface area contributed by atoms with Crippen LogP contribution in [-0.4, -0.2) is 36.4 Å². The van der Waals surface area contributed by atoms with Crippen molar-refractivity contribution in [3.63, 3.8) is 0 Å². The summed E-state index contributed by atoms with van der Waals surface area (Å²) >= 11 is 0. The van der Waals surface area contributed by atoms with E-state index in [0.29, 0.717) is 12.8 Å². The van der Waals surface area contributed by atoms with Crippen LogP contribution in [0, 0.1) is 5.92 Å². The molecule has 0 aromatic carbocycles. The van der Waals surface area contributed by atoms with Crippen molar-refractivity contribution in [3.8, 4) is 0 Å². The van der Waals surface area contributed by atoms with Gasteiger partial charge in [0.1, 0.15) is 6.61 Å². The number of unbranched alkanes of at least 4 members (excludes halogenated alkanes) is 18. The lowest BCUT2D eigenvalue weighted by Gasteiger charge is -2.15. The number of carbonyl (C=O) groups excluding carboxylic acids is 2. The van der Waals surface area contributed by atoms with Gasteiger partial charge in [-0.25, -0.2) is 0 Å². The van der Waals surface area contributed by atoms with Crippen molar-refractivity contribution < 1.29 is 24.2 Å². The summed E-state index contributed by atoms with van der Waals surface area (Å²) in [6.07, 6.45) is 25.9. The van der Waals surface area contributed by atoms with Crippen molar-refractivity contribution in [1.29, 1.82) is 0 Å². The van der Waals surface area contributed by atoms with Gasteiger partial charge in [0, 0.05) is 12.8 Å². The molecule has 1 atom stereocenters. The zero-order valence-corrected chi connectivity index (χ0v) is 24.9. The van der Waals surface area contributed by atoms with Gasteiger partial charge in [-0.3, -0.25) is 9.59 Å². The average molecular weight is 527 g/mol. The Morgan fingerprint density at radius 2 is 1.00 bits per heavy atom. The van der Waals surface area contributed by atoms with E-state index in [1.807, 2.05) is 0 Å². The summed E-state index contributed by atoms with van der Waals surface area (Å²) in [5.74, 6) is 0.207. The molecule has 0 saturated carbocycles. The molecule has 0 bridgehead atoms. The first-order valence-electron chi connectivity index (χ1n) is 16.0. The van der Waals surface area contributed by atoms with Crippen molar-refractivity contribution in [2.24, 2.45) is 5.92 Å². The number of rotatable bonds is 28. The molecule has 0 heterocycles. The fourth-order valence-corrected chi connectivity index (χ4v) is 4.62. The summed E-state index contributed by atoms with van der Waals surface area (Å²) in [4.78, 5) is 24.0. The van der Waals surface area contributed by atoms with E-state index >= 15 is 0 Å². The molecule has 0 aromatic rings. The number of ether oxygens (including phenoxy) is 2. The summed E-state index contributed by atoms with van der Waals surface area (Å²) in [7, 11) is 0. The van der Waals surface area contributed by atoms with Crippen LogP contribution in [0.3, 0.4) is 0 Å².